The molecule has 0 aromatic rings. The Morgan fingerprint density at radius 1 is 1.19 bits per heavy atom. The van der Waals surface area contributed by atoms with E-state index >= 15 is 0 Å². The predicted molar refractivity (Wildman–Crippen MR) is 79.2 cm³/mol. The van der Waals surface area contributed by atoms with Crippen LogP contribution in [0.4, 0.5) is 0 Å². The second kappa shape index (κ2) is 7.38. The van der Waals surface area contributed by atoms with Gasteiger partial charge in [-0.2, -0.15) is 0 Å². The van der Waals surface area contributed by atoms with Gasteiger partial charge in [-0.25, -0.2) is 0 Å². The Morgan fingerprint density at radius 2 is 2.05 bits per heavy atom. The summed E-state index contributed by atoms with van der Waals surface area (Å²) in [6.07, 6.45) is 5.33. The van der Waals surface area contributed by atoms with Crippen LogP contribution in [0.3, 0.4) is 0 Å². The molecule has 0 bridgehead atoms. The molecule has 0 saturated carbocycles. The first kappa shape index (κ1) is 15.7. The van der Waals surface area contributed by atoms with Crippen LogP contribution in [0, 0.1) is 5.92 Å². The summed E-state index contributed by atoms with van der Waals surface area (Å²) in [5.41, 5.74) is -0.0214. The van der Waals surface area contributed by atoms with Crippen LogP contribution in [0.5, 0.6) is 0 Å². The highest BCUT2D eigenvalue weighted by atomic mass is 16.7. The van der Waals surface area contributed by atoms with E-state index in [0.29, 0.717) is 12.0 Å². The second-order valence-corrected chi connectivity index (χ2v) is 6.55. The molecule has 0 aromatic carbocycles. The van der Waals surface area contributed by atoms with Crippen molar-refractivity contribution in [1.29, 1.82) is 0 Å². The Labute approximate surface area is 127 Å². The zero-order chi connectivity index (χ0) is 14.5. The van der Waals surface area contributed by atoms with Crippen molar-refractivity contribution in [3.8, 4) is 0 Å². The molecular formula is C16H29NO4. The van der Waals surface area contributed by atoms with Crippen LogP contribution in [0.15, 0.2) is 0 Å². The summed E-state index contributed by atoms with van der Waals surface area (Å²) in [6.45, 7) is 7.19. The summed E-state index contributed by atoms with van der Waals surface area (Å²) in [7, 11) is 0. The quantitative estimate of drug-likeness (QED) is 0.809. The third-order valence-corrected chi connectivity index (χ3v) is 4.96. The molecule has 1 spiro atoms. The van der Waals surface area contributed by atoms with E-state index in [1.165, 1.54) is 0 Å². The Morgan fingerprint density at radius 3 is 2.76 bits per heavy atom. The normalized spacial score (nSPS) is 35.6. The second-order valence-electron chi connectivity index (χ2n) is 6.55. The fourth-order valence-electron chi connectivity index (χ4n) is 3.80. The minimum atomic E-state index is -0.0296. The minimum Gasteiger partial charge on any atom is -0.378 e. The van der Waals surface area contributed by atoms with E-state index in [0.717, 1.165) is 71.7 Å². The van der Waals surface area contributed by atoms with Crippen molar-refractivity contribution in [2.45, 2.75) is 57.0 Å². The molecule has 0 aliphatic carbocycles. The molecule has 5 heteroatoms. The lowest BCUT2D eigenvalue weighted by molar-refractivity contribution is -0.111. The van der Waals surface area contributed by atoms with Crippen molar-refractivity contribution in [2.24, 2.45) is 5.92 Å². The fourth-order valence-corrected chi connectivity index (χ4v) is 3.80. The lowest BCUT2D eigenvalue weighted by Gasteiger charge is -2.41. The van der Waals surface area contributed by atoms with E-state index in [-0.39, 0.29) is 11.9 Å². The van der Waals surface area contributed by atoms with Gasteiger partial charge >= 0.3 is 0 Å². The first-order valence-electron chi connectivity index (χ1n) is 8.50. The van der Waals surface area contributed by atoms with E-state index < -0.39 is 0 Å². The topological polar surface area (TPSA) is 49.0 Å². The lowest BCUT2D eigenvalue weighted by atomic mass is 9.80. The van der Waals surface area contributed by atoms with Crippen molar-refractivity contribution < 1.29 is 18.9 Å². The molecule has 3 fully saturated rings. The molecule has 3 atom stereocenters. The van der Waals surface area contributed by atoms with E-state index in [2.05, 4.69) is 12.2 Å². The van der Waals surface area contributed by atoms with Crippen molar-refractivity contribution in [3.05, 3.63) is 0 Å². The van der Waals surface area contributed by atoms with Gasteiger partial charge in [0.2, 0.25) is 0 Å². The molecule has 0 aromatic heterocycles. The maximum Gasteiger partial charge on any atom is 0.159 e. The molecule has 122 valence electrons. The van der Waals surface area contributed by atoms with Crippen LogP contribution >= 0.6 is 0 Å². The predicted octanol–water partition coefficient (Wildman–Crippen LogP) is 1.70. The zero-order valence-corrected chi connectivity index (χ0v) is 13.1. The lowest BCUT2D eigenvalue weighted by Crippen LogP contribution is -2.48. The smallest absolute Gasteiger partial charge is 0.159 e. The standard InChI is InChI=1S/C16H29NO4/c1-2-5-17-14(10-15-19-8-9-20-15)13-3-6-21-16(11-13)4-7-18-12-16/h13-15,17H,2-12H2,1H3. The Bertz CT molecular complexity index is 313. The van der Waals surface area contributed by atoms with Crippen molar-refractivity contribution >= 4 is 0 Å². The molecule has 21 heavy (non-hydrogen) atoms. The van der Waals surface area contributed by atoms with Crippen LogP contribution in [0.25, 0.3) is 0 Å². The van der Waals surface area contributed by atoms with E-state index in [1.807, 2.05) is 0 Å². The highest BCUT2D eigenvalue weighted by Crippen LogP contribution is 2.38. The molecule has 0 amide bonds. The van der Waals surface area contributed by atoms with Gasteiger partial charge in [-0.05, 0) is 31.7 Å². The molecular weight excluding hydrogens is 270 g/mol. The van der Waals surface area contributed by atoms with Crippen LogP contribution in [-0.2, 0) is 18.9 Å². The summed E-state index contributed by atoms with van der Waals surface area (Å²) in [5.74, 6) is 0.625. The molecule has 3 heterocycles. The van der Waals surface area contributed by atoms with E-state index in [1.54, 1.807) is 0 Å². The number of nitrogens with one attached hydrogen (secondary N) is 1. The molecule has 1 N–H and O–H groups in total. The van der Waals surface area contributed by atoms with Gasteiger partial charge in [0.25, 0.3) is 0 Å². The number of hydrogen-bond donors (Lipinski definition) is 1. The Kier molecular flexibility index (Phi) is 5.51. The van der Waals surface area contributed by atoms with Gasteiger partial charge in [0, 0.05) is 32.1 Å². The van der Waals surface area contributed by atoms with Crippen LogP contribution < -0.4 is 5.32 Å². The molecule has 3 saturated heterocycles. The van der Waals surface area contributed by atoms with Gasteiger partial charge in [-0.15, -0.1) is 0 Å². The number of rotatable bonds is 6. The summed E-state index contributed by atoms with van der Waals surface area (Å²) < 4.78 is 23.0. The maximum absolute atomic E-state index is 6.07. The number of ether oxygens (including phenoxy) is 4. The largest absolute Gasteiger partial charge is 0.378 e. The van der Waals surface area contributed by atoms with Crippen molar-refractivity contribution in [2.75, 3.05) is 39.6 Å². The van der Waals surface area contributed by atoms with Crippen LogP contribution in [0.1, 0.15) is 39.0 Å². The first-order chi connectivity index (χ1) is 10.3. The third-order valence-electron chi connectivity index (χ3n) is 4.96. The van der Waals surface area contributed by atoms with E-state index in [9.17, 15) is 0 Å². The Balaban J connectivity index is 1.60. The number of hydrogen-bond acceptors (Lipinski definition) is 5. The van der Waals surface area contributed by atoms with Crippen LogP contribution in [0.2, 0.25) is 0 Å². The third kappa shape index (κ3) is 3.96. The molecule has 3 aliphatic heterocycles. The highest BCUT2D eigenvalue weighted by molar-refractivity contribution is 4.94. The molecule has 3 rings (SSSR count). The summed E-state index contributed by atoms with van der Waals surface area (Å²) in [5, 5.41) is 3.72. The van der Waals surface area contributed by atoms with Crippen molar-refractivity contribution in [1.82, 2.24) is 5.32 Å². The summed E-state index contributed by atoms with van der Waals surface area (Å²) >= 11 is 0. The van der Waals surface area contributed by atoms with E-state index in [4.69, 9.17) is 18.9 Å². The average molecular weight is 299 g/mol. The minimum absolute atomic E-state index is 0.0214. The zero-order valence-electron chi connectivity index (χ0n) is 13.1. The Hall–Kier alpha value is -0.200. The molecule has 3 unspecified atom stereocenters. The fraction of sp³-hybridized carbons (Fsp3) is 1.00. The maximum atomic E-state index is 6.07. The monoisotopic (exact) mass is 299 g/mol. The average Bonchev–Trinajstić information content (AvgIpc) is 3.16. The SMILES string of the molecule is CCCNC(CC1OCCO1)C1CCOC2(CCOC2)C1. The van der Waals surface area contributed by atoms with Crippen molar-refractivity contribution in [3.63, 3.8) is 0 Å². The highest BCUT2D eigenvalue weighted by Gasteiger charge is 2.43. The van der Waals surface area contributed by atoms with Crippen LogP contribution in [-0.4, -0.2) is 57.5 Å². The van der Waals surface area contributed by atoms with Gasteiger partial charge < -0.3 is 24.3 Å². The first-order valence-corrected chi connectivity index (χ1v) is 8.50. The molecule has 5 nitrogen and oxygen atoms in total. The van der Waals surface area contributed by atoms with Gasteiger partial charge in [-0.3, -0.25) is 0 Å². The van der Waals surface area contributed by atoms with Gasteiger partial charge in [-0.1, -0.05) is 6.92 Å². The van der Waals surface area contributed by atoms with Gasteiger partial charge in [0.15, 0.2) is 6.29 Å². The molecule has 3 aliphatic rings. The summed E-state index contributed by atoms with van der Waals surface area (Å²) in [6, 6.07) is 0.453. The van der Waals surface area contributed by atoms with Gasteiger partial charge in [0.1, 0.15) is 0 Å². The molecule has 0 radical (unpaired) electrons. The van der Waals surface area contributed by atoms with Gasteiger partial charge in [0.05, 0.1) is 25.4 Å². The summed E-state index contributed by atoms with van der Waals surface area (Å²) in [4.78, 5) is 0.